The zero-order chi connectivity index (χ0) is 12.8. The SMILES string of the molecule is CNCc1sc(N(C)CCOC)nc1C(C)C. The van der Waals surface area contributed by atoms with E-state index >= 15 is 0 Å². The van der Waals surface area contributed by atoms with Gasteiger partial charge in [-0.25, -0.2) is 4.98 Å². The van der Waals surface area contributed by atoms with Crippen LogP contribution in [-0.4, -0.2) is 39.3 Å². The molecule has 0 spiro atoms. The van der Waals surface area contributed by atoms with E-state index in [1.807, 2.05) is 7.05 Å². The average Bonchev–Trinajstić information content (AvgIpc) is 2.70. The number of anilines is 1. The molecule has 1 aromatic heterocycles. The van der Waals surface area contributed by atoms with Crippen LogP contribution in [0.4, 0.5) is 5.13 Å². The van der Waals surface area contributed by atoms with Gasteiger partial charge in [-0.1, -0.05) is 13.8 Å². The molecule has 5 heteroatoms. The van der Waals surface area contributed by atoms with Crippen molar-refractivity contribution >= 4 is 16.5 Å². The third-order valence-electron chi connectivity index (χ3n) is 2.56. The number of methoxy groups -OCH3 is 1. The summed E-state index contributed by atoms with van der Waals surface area (Å²) in [6.07, 6.45) is 0. The predicted octanol–water partition coefficient (Wildman–Crippen LogP) is 2.07. The van der Waals surface area contributed by atoms with Crippen molar-refractivity contribution in [2.45, 2.75) is 26.3 Å². The maximum absolute atomic E-state index is 5.09. The van der Waals surface area contributed by atoms with Gasteiger partial charge in [0.2, 0.25) is 0 Å². The van der Waals surface area contributed by atoms with E-state index in [1.165, 1.54) is 10.6 Å². The van der Waals surface area contributed by atoms with Crippen LogP contribution in [-0.2, 0) is 11.3 Å². The second-order valence-electron chi connectivity index (χ2n) is 4.40. The molecule has 1 rings (SSSR count). The van der Waals surface area contributed by atoms with Crippen molar-refractivity contribution < 1.29 is 4.74 Å². The van der Waals surface area contributed by atoms with Gasteiger partial charge in [-0.05, 0) is 13.0 Å². The molecule has 0 saturated carbocycles. The second-order valence-corrected chi connectivity index (χ2v) is 5.47. The van der Waals surface area contributed by atoms with Gasteiger partial charge in [0.1, 0.15) is 0 Å². The minimum Gasteiger partial charge on any atom is -0.383 e. The number of ether oxygens (including phenoxy) is 1. The summed E-state index contributed by atoms with van der Waals surface area (Å²) in [6, 6.07) is 0. The standard InChI is InChI=1S/C12H23N3OS/c1-9(2)11-10(8-13-3)17-12(14-11)15(4)6-7-16-5/h9,13H,6-8H2,1-5H3. The summed E-state index contributed by atoms with van der Waals surface area (Å²) in [6.45, 7) is 6.87. The van der Waals surface area contributed by atoms with Gasteiger partial charge in [0.25, 0.3) is 0 Å². The van der Waals surface area contributed by atoms with E-state index in [0.717, 1.165) is 24.8 Å². The molecule has 0 atom stereocenters. The lowest BCUT2D eigenvalue weighted by Crippen LogP contribution is -2.21. The topological polar surface area (TPSA) is 37.4 Å². The van der Waals surface area contributed by atoms with E-state index in [9.17, 15) is 0 Å². The van der Waals surface area contributed by atoms with Gasteiger partial charge in [0.05, 0.1) is 12.3 Å². The minimum absolute atomic E-state index is 0.471. The largest absolute Gasteiger partial charge is 0.383 e. The number of nitrogens with one attached hydrogen (secondary N) is 1. The van der Waals surface area contributed by atoms with Crippen molar-refractivity contribution in [3.8, 4) is 0 Å². The van der Waals surface area contributed by atoms with E-state index in [0.29, 0.717) is 5.92 Å². The number of nitrogens with zero attached hydrogens (tertiary/aromatic N) is 2. The normalized spacial score (nSPS) is 11.2. The molecule has 1 heterocycles. The highest BCUT2D eigenvalue weighted by atomic mass is 32.1. The number of hydrogen-bond donors (Lipinski definition) is 1. The lowest BCUT2D eigenvalue weighted by Gasteiger charge is -2.14. The molecule has 0 aromatic carbocycles. The first-order valence-corrected chi connectivity index (χ1v) is 6.76. The molecule has 17 heavy (non-hydrogen) atoms. The second kappa shape index (κ2) is 6.93. The zero-order valence-corrected chi connectivity index (χ0v) is 12.2. The Morgan fingerprint density at radius 3 is 2.71 bits per heavy atom. The summed E-state index contributed by atoms with van der Waals surface area (Å²) in [5.74, 6) is 0.471. The highest BCUT2D eigenvalue weighted by molar-refractivity contribution is 7.15. The lowest BCUT2D eigenvalue weighted by atomic mass is 10.1. The summed E-state index contributed by atoms with van der Waals surface area (Å²) in [5.41, 5.74) is 1.21. The van der Waals surface area contributed by atoms with Gasteiger partial charge in [-0.3, -0.25) is 0 Å². The number of thiazole rings is 1. The fourth-order valence-electron chi connectivity index (χ4n) is 1.58. The Hall–Kier alpha value is -0.650. The maximum atomic E-state index is 5.09. The molecule has 0 unspecified atom stereocenters. The van der Waals surface area contributed by atoms with E-state index in [4.69, 9.17) is 9.72 Å². The molecule has 0 fully saturated rings. The Morgan fingerprint density at radius 1 is 1.47 bits per heavy atom. The van der Waals surface area contributed by atoms with Crippen LogP contribution in [0.1, 0.15) is 30.3 Å². The Labute approximate surface area is 108 Å². The van der Waals surface area contributed by atoms with Crippen LogP contribution >= 0.6 is 11.3 Å². The van der Waals surface area contributed by atoms with Crippen molar-refractivity contribution in [1.29, 1.82) is 0 Å². The molecule has 0 aliphatic rings. The average molecular weight is 257 g/mol. The quantitative estimate of drug-likeness (QED) is 0.811. The first-order chi connectivity index (χ1) is 8.10. The molecular weight excluding hydrogens is 234 g/mol. The van der Waals surface area contributed by atoms with Crippen molar-refractivity contribution in [2.75, 3.05) is 39.3 Å². The van der Waals surface area contributed by atoms with Gasteiger partial charge < -0.3 is 15.0 Å². The third-order valence-corrected chi connectivity index (χ3v) is 3.74. The van der Waals surface area contributed by atoms with Crippen molar-refractivity contribution in [3.63, 3.8) is 0 Å². The van der Waals surface area contributed by atoms with Gasteiger partial charge >= 0.3 is 0 Å². The molecule has 0 aliphatic carbocycles. The first-order valence-electron chi connectivity index (χ1n) is 5.94. The molecule has 0 radical (unpaired) electrons. The fourth-order valence-corrected chi connectivity index (χ4v) is 2.79. The Morgan fingerprint density at radius 2 is 2.18 bits per heavy atom. The van der Waals surface area contributed by atoms with Crippen molar-refractivity contribution in [2.24, 2.45) is 0 Å². The van der Waals surface area contributed by atoms with E-state index in [-0.39, 0.29) is 0 Å². The molecule has 0 amide bonds. The molecule has 0 saturated heterocycles. The van der Waals surface area contributed by atoms with E-state index in [1.54, 1.807) is 18.4 Å². The number of rotatable bonds is 7. The number of likely N-dealkylation sites (N-methyl/N-ethyl adjacent to an activating group) is 1. The van der Waals surface area contributed by atoms with E-state index < -0.39 is 0 Å². The van der Waals surface area contributed by atoms with Gasteiger partial charge in [0, 0.05) is 32.1 Å². The van der Waals surface area contributed by atoms with Crippen LogP contribution in [0.3, 0.4) is 0 Å². The Kier molecular flexibility index (Phi) is 5.88. The highest BCUT2D eigenvalue weighted by Gasteiger charge is 2.15. The maximum Gasteiger partial charge on any atom is 0.185 e. The summed E-state index contributed by atoms with van der Waals surface area (Å²) in [7, 11) is 5.75. The third kappa shape index (κ3) is 3.94. The molecular formula is C12H23N3OS. The monoisotopic (exact) mass is 257 g/mol. The smallest absolute Gasteiger partial charge is 0.185 e. The molecule has 4 nitrogen and oxygen atoms in total. The van der Waals surface area contributed by atoms with Crippen LogP contribution < -0.4 is 10.2 Å². The van der Waals surface area contributed by atoms with Crippen LogP contribution in [0, 0.1) is 0 Å². The zero-order valence-electron chi connectivity index (χ0n) is 11.4. The van der Waals surface area contributed by atoms with Crippen LogP contribution in [0.15, 0.2) is 0 Å². The Bertz CT molecular complexity index is 338. The van der Waals surface area contributed by atoms with Crippen LogP contribution in [0.5, 0.6) is 0 Å². The van der Waals surface area contributed by atoms with Gasteiger partial charge in [-0.15, -0.1) is 11.3 Å². The lowest BCUT2D eigenvalue weighted by molar-refractivity contribution is 0.206. The fraction of sp³-hybridized carbons (Fsp3) is 0.750. The highest BCUT2D eigenvalue weighted by Crippen LogP contribution is 2.30. The first kappa shape index (κ1) is 14.4. The van der Waals surface area contributed by atoms with Gasteiger partial charge in [0.15, 0.2) is 5.13 Å². The number of aromatic nitrogens is 1. The minimum atomic E-state index is 0.471. The summed E-state index contributed by atoms with van der Waals surface area (Å²) in [5, 5.41) is 4.28. The molecule has 98 valence electrons. The summed E-state index contributed by atoms with van der Waals surface area (Å²) in [4.78, 5) is 8.22. The molecule has 1 N–H and O–H groups in total. The van der Waals surface area contributed by atoms with Gasteiger partial charge in [-0.2, -0.15) is 0 Å². The van der Waals surface area contributed by atoms with Crippen molar-refractivity contribution in [3.05, 3.63) is 10.6 Å². The molecule has 1 aromatic rings. The molecule has 0 bridgehead atoms. The summed E-state index contributed by atoms with van der Waals surface area (Å²) < 4.78 is 5.09. The number of hydrogen-bond acceptors (Lipinski definition) is 5. The van der Waals surface area contributed by atoms with Crippen molar-refractivity contribution in [1.82, 2.24) is 10.3 Å². The predicted molar refractivity (Wildman–Crippen MR) is 74.1 cm³/mol. The molecule has 0 aliphatic heterocycles. The van der Waals surface area contributed by atoms with Crippen LogP contribution in [0.25, 0.3) is 0 Å². The van der Waals surface area contributed by atoms with Crippen LogP contribution in [0.2, 0.25) is 0 Å². The van der Waals surface area contributed by atoms with E-state index in [2.05, 4.69) is 31.1 Å². The summed E-state index contributed by atoms with van der Waals surface area (Å²) >= 11 is 1.77. The Balaban J connectivity index is 2.82.